The fourth-order valence-electron chi connectivity index (χ4n) is 2.78. The zero-order valence-corrected chi connectivity index (χ0v) is 18.0. The van der Waals surface area contributed by atoms with Crippen molar-refractivity contribution in [1.29, 1.82) is 0 Å². The maximum atomic E-state index is 12.8. The van der Waals surface area contributed by atoms with Crippen LogP contribution in [0.15, 0.2) is 52.1 Å². The lowest BCUT2D eigenvalue weighted by molar-refractivity contribution is -0.384. The number of aryl methyl sites for hydroxylation is 1. The maximum absolute atomic E-state index is 12.8. The SMILES string of the molecule is Cc1cc(CSc2ncccc2C(=O)NCCNc2ccc(C(F)(F)F)cc2[N+](=O)[O-])on1. The van der Waals surface area contributed by atoms with E-state index in [2.05, 4.69) is 20.8 Å². The lowest BCUT2D eigenvalue weighted by Gasteiger charge is -2.12. The summed E-state index contributed by atoms with van der Waals surface area (Å²) in [4.78, 5) is 27.0. The molecule has 0 aliphatic rings. The number of nitro benzene ring substituents is 1. The van der Waals surface area contributed by atoms with Crippen molar-refractivity contribution in [3.63, 3.8) is 0 Å². The van der Waals surface area contributed by atoms with Crippen molar-refractivity contribution in [2.45, 2.75) is 23.9 Å². The number of nitrogens with zero attached hydrogens (tertiary/aromatic N) is 3. The fourth-order valence-corrected chi connectivity index (χ4v) is 3.65. The van der Waals surface area contributed by atoms with Gasteiger partial charge in [0, 0.05) is 31.4 Å². The van der Waals surface area contributed by atoms with E-state index in [0.29, 0.717) is 28.2 Å². The van der Waals surface area contributed by atoms with Crippen molar-refractivity contribution in [2.75, 3.05) is 18.4 Å². The number of carbonyl (C=O) groups is 1. The summed E-state index contributed by atoms with van der Waals surface area (Å²) in [6, 6.07) is 7.20. The Bertz CT molecular complexity index is 1150. The summed E-state index contributed by atoms with van der Waals surface area (Å²) < 4.78 is 43.5. The monoisotopic (exact) mass is 481 g/mol. The second-order valence-electron chi connectivity index (χ2n) is 6.75. The van der Waals surface area contributed by atoms with Gasteiger partial charge in [0.05, 0.1) is 27.5 Å². The second kappa shape index (κ2) is 10.3. The minimum absolute atomic E-state index is 0.0536. The smallest absolute Gasteiger partial charge is 0.378 e. The van der Waals surface area contributed by atoms with Crippen molar-refractivity contribution >= 4 is 29.0 Å². The fraction of sp³-hybridized carbons (Fsp3) is 0.250. The number of amides is 1. The van der Waals surface area contributed by atoms with Gasteiger partial charge in [0.15, 0.2) is 0 Å². The Balaban J connectivity index is 1.57. The molecule has 1 aromatic carbocycles. The molecule has 0 fully saturated rings. The minimum atomic E-state index is -4.69. The van der Waals surface area contributed by atoms with E-state index in [1.165, 1.54) is 11.8 Å². The summed E-state index contributed by atoms with van der Waals surface area (Å²) in [6.07, 6.45) is -3.14. The first kappa shape index (κ1) is 24.0. The van der Waals surface area contributed by atoms with Crippen LogP contribution in [0.4, 0.5) is 24.5 Å². The van der Waals surface area contributed by atoms with Gasteiger partial charge in [-0.3, -0.25) is 14.9 Å². The Morgan fingerprint density at radius 1 is 1.24 bits per heavy atom. The average molecular weight is 481 g/mol. The van der Waals surface area contributed by atoms with Crippen molar-refractivity contribution in [3.8, 4) is 0 Å². The highest BCUT2D eigenvalue weighted by molar-refractivity contribution is 7.98. The molecule has 1 amide bonds. The summed E-state index contributed by atoms with van der Waals surface area (Å²) in [7, 11) is 0. The van der Waals surface area contributed by atoms with Crippen molar-refractivity contribution in [1.82, 2.24) is 15.5 Å². The number of hydrogen-bond acceptors (Lipinski definition) is 8. The molecule has 3 aromatic rings. The van der Waals surface area contributed by atoms with Gasteiger partial charge in [0.1, 0.15) is 16.5 Å². The Morgan fingerprint density at radius 3 is 2.70 bits per heavy atom. The van der Waals surface area contributed by atoms with Crippen LogP contribution in [-0.2, 0) is 11.9 Å². The molecule has 0 aliphatic carbocycles. The number of anilines is 1. The quantitative estimate of drug-likeness (QED) is 0.199. The van der Waals surface area contributed by atoms with Gasteiger partial charge in [-0.15, -0.1) is 0 Å². The van der Waals surface area contributed by atoms with Crippen LogP contribution in [0, 0.1) is 17.0 Å². The molecule has 2 N–H and O–H groups in total. The number of alkyl halides is 3. The Kier molecular flexibility index (Phi) is 7.53. The van der Waals surface area contributed by atoms with E-state index in [0.717, 1.165) is 17.8 Å². The van der Waals surface area contributed by atoms with Crippen LogP contribution < -0.4 is 10.6 Å². The van der Waals surface area contributed by atoms with Crippen LogP contribution in [-0.4, -0.2) is 34.1 Å². The molecule has 9 nitrogen and oxygen atoms in total. The lowest BCUT2D eigenvalue weighted by Crippen LogP contribution is -2.29. The molecule has 3 rings (SSSR count). The molecule has 0 radical (unpaired) electrons. The summed E-state index contributed by atoms with van der Waals surface area (Å²) in [5.74, 6) is 0.650. The Hall–Kier alpha value is -3.61. The molecule has 0 unspecified atom stereocenters. The summed E-state index contributed by atoms with van der Waals surface area (Å²) >= 11 is 1.30. The van der Waals surface area contributed by atoms with E-state index in [9.17, 15) is 28.1 Å². The highest BCUT2D eigenvalue weighted by Crippen LogP contribution is 2.34. The molecule has 0 atom stereocenters. The topological polar surface area (TPSA) is 123 Å². The highest BCUT2D eigenvalue weighted by Gasteiger charge is 2.33. The molecule has 2 aromatic heterocycles. The van der Waals surface area contributed by atoms with Crippen LogP contribution in [0.3, 0.4) is 0 Å². The number of carbonyl (C=O) groups excluding carboxylic acids is 1. The predicted molar refractivity (Wildman–Crippen MR) is 114 cm³/mol. The van der Waals surface area contributed by atoms with Crippen LogP contribution in [0.1, 0.15) is 27.4 Å². The molecular formula is C20H18F3N5O4S. The van der Waals surface area contributed by atoms with Gasteiger partial charge >= 0.3 is 6.18 Å². The van der Waals surface area contributed by atoms with E-state index in [1.807, 2.05) is 0 Å². The van der Waals surface area contributed by atoms with Gasteiger partial charge in [-0.1, -0.05) is 16.9 Å². The number of nitro groups is 1. The van der Waals surface area contributed by atoms with Gasteiger partial charge in [-0.25, -0.2) is 4.98 Å². The molecule has 0 bridgehead atoms. The van der Waals surface area contributed by atoms with E-state index < -0.39 is 28.3 Å². The highest BCUT2D eigenvalue weighted by atomic mass is 32.2. The van der Waals surface area contributed by atoms with Crippen molar-refractivity contribution in [2.24, 2.45) is 0 Å². The summed E-state index contributed by atoms with van der Waals surface area (Å²) in [5, 5.41) is 20.8. The van der Waals surface area contributed by atoms with Gasteiger partial charge in [-0.05, 0) is 31.2 Å². The first-order valence-corrected chi connectivity index (χ1v) is 10.5. The third-order valence-corrected chi connectivity index (χ3v) is 5.32. The molecule has 13 heteroatoms. The third-order valence-electron chi connectivity index (χ3n) is 4.29. The van der Waals surface area contributed by atoms with Crippen LogP contribution in [0.2, 0.25) is 0 Å². The number of aromatic nitrogens is 2. The van der Waals surface area contributed by atoms with E-state index in [4.69, 9.17) is 4.52 Å². The van der Waals surface area contributed by atoms with Gasteiger partial charge < -0.3 is 15.2 Å². The van der Waals surface area contributed by atoms with Gasteiger partial charge in [0.25, 0.3) is 11.6 Å². The molecular weight excluding hydrogens is 463 g/mol. The number of nitrogens with one attached hydrogen (secondary N) is 2. The number of pyridine rings is 1. The zero-order valence-electron chi connectivity index (χ0n) is 17.2. The van der Waals surface area contributed by atoms with Gasteiger partial charge in [0.2, 0.25) is 0 Å². The first-order chi connectivity index (χ1) is 15.6. The second-order valence-corrected chi connectivity index (χ2v) is 7.71. The maximum Gasteiger partial charge on any atom is 0.416 e. The van der Waals surface area contributed by atoms with E-state index >= 15 is 0 Å². The number of halogens is 3. The van der Waals surface area contributed by atoms with E-state index in [-0.39, 0.29) is 18.8 Å². The standard InChI is InChI=1S/C20H18F3N5O4S/c1-12-9-14(32-27-12)11-33-19-15(3-2-6-26-19)18(29)25-8-7-24-16-5-4-13(20(21,22)23)10-17(16)28(30)31/h2-6,9-10,24H,7-8,11H2,1H3,(H,25,29). The third kappa shape index (κ3) is 6.44. The summed E-state index contributed by atoms with van der Waals surface area (Å²) in [5.41, 5.74) is -0.827. The first-order valence-electron chi connectivity index (χ1n) is 9.53. The number of thioether (sulfide) groups is 1. The predicted octanol–water partition coefficient (Wildman–Crippen LogP) is 4.44. The molecule has 0 saturated heterocycles. The molecule has 0 aliphatic heterocycles. The zero-order chi connectivity index (χ0) is 24.0. The van der Waals surface area contributed by atoms with E-state index in [1.54, 1.807) is 31.3 Å². The lowest BCUT2D eigenvalue weighted by atomic mass is 10.1. The number of hydrogen-bond donors (Lipinski definition) is 2. The molecule has 2 heterocycles. The normalized spacial score (nSPS) is 11.3. The van der Waals surface area contributed by atoms with Crippen LogP contribution >= 0.6 is 11.8 Å². The molecule has 33 heavy (non-hydrogen) atoms. The summed E-state index contributed by atoms with van der Waals surface area (Å²) in [6.45, 7) is 1.92. The Labute approximate surface area is 189 Å². The number of rotatable bonds is 9. The van der Waals surface area contributed by atoms with Gasteiger partial charge in [-0.2, -0.15) is 13.2 Å². The Morgan fingerprint density at radius 2 is 2.03 bits per heavy atom. The largest absolute Gasteiger partial charge is 0.416 e. The molecule has 0 saturated carbocycles. The minimum Gasteiger partial charge on any atom is -0.378 e. The van der Waals surface area contributed by atoms with Crippen LogP contribution in [0.25, 0.3) is 0 Å². The molecule has 0 spiro atoms. The van der Waals surface area contributed by atoms with Crippen molar-refractivity contribution in [3.05, 3.63) is 75.3 Å². The van der Waals surface area contributed by atoms with Crippen molar-refractivity contribution < 1.29 is 27.4 Å². The average Bonchev–Trinajstić information content (AvgIpc) is 3.19. The van der Waals surface area contributed by atoms with Crippen LogP contribution in [0.5, 0.6) is 0 Å². The number of benzene rings is 1. The molecule has 174 valence electrons.